The van der Waals surface area contributed by atoms with Gasteiger partial charge in [-0.25, -0.2) is 5.43 Å². The van der Waals surface area contributed by atoms with Gasteiger partial charge in [0.05, 0.1) is 16.7 Å². The zero-order valence-electron chi connectivity index (χ0n) is 21.2. The van der Waals surface area contributed by atoms with Gasteiger partial charge in [0.25, 0.3) is 17.5 Å². The minimum absolute atomic E-state index is 0.0151. The smallest absolute Gasteiger partial charge is 0.287 e. The summed E-state index contributed by atoms with van der Waals surface area (Å²) >= 11 is 0. The molecule has 3 aromatic carbocycles. The van der Waals surface area contributed by atoms with E-state index in [4.69, 9.17) is 4.42 Å². The van der Waals surface area contributed by atoms with Gasteiger partial charge in [-0.1, -0.05) is 42.5 Å². The van der Waals surface area contributed by atoms with E-state index in [0.29, 0.717) is 16.7 Å². The lowest BCUT2D eigenvalue weighted by molar-refractivity contribution is -0.384. The number of nitrogens with zero attached hydrogens (tertiary/aromatic N) is 3. The number of anilines is 1. The Balaban J connectivity index is 1.52. The largest absolute Gasteiger partial charge is 0.455 e. The van der Waals surface area contributed by atoms with Gasteiger partial charge in [-0.05, 0) is 54.1 Å². The molecule has 0 atom stereocenters. The first kappa shape index (κ1) is 26.6. The van der Waals surface area contributed by atoms with Gasteiger partial charge < -0.3 is 14.6 Å². The van der Waals surface area contributed by atoms with Crippen molar-refractivity contribution in [2.75, 3.05) is 19.0 Å². The van der Waals surface area contributed by atoms with Crippen LogP contribution in [-0.2, 0) is 4.79 Å². The highest BCUT2D eigenvalue weighted by molar-refractivity contribution is 6.05. The van der Waals surface area contributed by atoms with Crippen molar-refractivity contribution in [1.82, 2.24) is 10.7 Å². The van der Waals surface area contributed by atoms with Gasteiger partial charge in [0.1, 0.15) is 17.2 Å². The third-order valence-corrected chi connectivity index (χ3v) is 5.60. The molecule has 0 spiro atoms. The van der Waals surface area contributed by atoms with Crippen molar-refractivity contribution in [2.24, 2.45) is 5.10 Å². The molecule has 0 bridgehead atoms. The lowest BCUT2D eigenvalue weighted by Crippen LogP contribution is -2.32. The first-order chi connectivity index (χ1) is 18.8. The number of nitro benzene ring substituents is 1. The van der Waals surface area contributed by atoms with Gasteiger partial charge in [0, 0.05) is 31.4 Å². The number of hydrogen-bond donors (Lipinski definition) is 2. The molecular weight excluding hydrogens is 498 g/mol. The minimum Gasteiger partial charge on any atom is -0.455 e. The molecule has 0 unspecified atom stereocenters. The van der Waals surface area contributed by atoms with E-state index in [1.807, 2.05) is 43.3 Å². The molecule has 0 radical (unpaired) electrons. The summed E-state index contributed by atoms with van der Waals surface area (Å²) in [6.07, 6.45) is 2.81. The fourth-order valence-electron chi connectivity index (χ4n) is 3.60. The van der Waals surface area contributed by atoms with Gasteiger partial charge in [0.2, 0.25) is 0 Å². The SMILES string of the molecule is CN(C)c1ccc(C=C(NC(=O)c2ccccc2)C(=O)NN=Cc2ccc(-c3ccccc3[N+](=O)[O-])o2)cc1. The van der Waals surface area contributed by atoms with Crippen LogP contribution in [0.4, 0.5) is 11.4 Å². The second-order valence-electron chi connectivity index (χ2n) is 8.54. The normalized spacial score (nSPS) is 11.3. The molecule has 2 N–H and O–H groups in total. The quantitative estimate of drug-likeness (QED) is 0.140. The fourth-order valence-corrected chi connectivity index (χ4v) is 3.60. The van der Waals surface area contributed by atoms with Crippen molar-refractivity contribution < 1.29 is 18.9 Å². The molecule has 1 heterocycles. The zero-order valence-corrected chi connectivity index (χ0v) is 21.2. The molecule has 1 aromatic heterocycles. The molecule has 0 fully saturated rings. The van der Waals surface area contributed by atoms with Crippen LogP contribution in [0, 0.1) is 10.1 Å². The van der Waals surface area contributed by atoms with Gasteiger partial charge in [0.15, 0.2) is 0 Å². The third kappa shape index (κ3) is 6.83. The van der Waals surface area contributed by atoms with E-state index in [0.717, 1.165) is 5.69 Å². The maximum absolute atomic E-state index is 13.0. The highest BCUT2D eigenvalue weighted by atomic mass is 16.6. The summed E-state index contributed by atoms with van der Waals surface area (Å²) < 4.78 is 5.66. The van der Waals surface area contributed by atoms with E-state index in [1.54, 1.807) is 66.7 Å². The standard InChI is InChI=1S/C29H25N5O5/c1-33(2)22-14-12-20(13-15-22)18-25(31-28(35)21-8-4-3-5-9-21)29(36)32-30-19-23-16-17-27(39-23)24-10-6-7-11-26(24)34(37)38/h3-19H,1-2H3,(H,31,35)(H,32,36). The van der Waals surface area contributed by atoms with Gasteiger partial charge in [-0.15, -0.1) is 0 Å². The number of carbonyl (C=O) groups is 2. The summed E-state index contributed by atoms with van der Waals surface area (Å²) in [6.45, 7) is 0. The molecule has 0 aliphatic heterocycles. The van der Waals surface area contributed by atoms with Crippen LogP contribution in [0.1, 0.15) is 21.7 Å². The lowest BCUT2D eigenvalue weighted by atomic mass is 10.1. The monoisotopic (exact) mass is 523 g/mol. The van der Waals surface area contributed by atoms with Crippen molar-refractivity contribution >= 4 is 35.5 Å². The van der Waals surface area contributed by atoms with Crippen LogP contribution in [0.3, 0.4) is 0 Å². The Morgan fingerprint density at radius 2 is 1.62 bits per heavy atom. The van der Waals surface area contributed by atoms with E-state index >= 15 is 0 Å². The maximum Gasteiger partial charge on any atom is 0.287 e. The second kappa shape index (κ2) is 12.2. The van der Waals surface area contributed by atoms with Gasteiger partial charge >= 0.3 is 0 Å². The van der Waals surface area contributed by atoms with Crippen LogP contribution in [0.2, 0.25) is 0 Å². The second-order valence-corrected chi connectivity index (χ2v) is 8.54. The fraction of sp³-hybridized carbons (Fsp3) is 0.0690. The van der Waals surface area contributed by atoms with Crippen molar-refractivity contribution in [2.45, 2.75) is 0 Å². The number of benzene rings is 3. The molecule has 4 aromatic rings. The lowest BCUT2D eigenvalue weighted by Gasteiger charge is -2.12. The number of nitro groups is 1. The molecule has 0 aliphatic carbocycles. The molecular formula is C29H25N5O5. The van der Waals surface area contributed by atoms with Crippen LogP contribution < -0.4 is 15.6 Å². The van der Waals surface area contributed by atoms with E-state index in [1.165, 1.54) is 12.3 Å². The number of hydrazone groups is 1. The average molecular weight is 524 g/mol. The number of carbonyl (C=O) groups excluding carboxylic acids is 2. The topological polar surface area (TPSA) is 130 Å². The van der Waals surface area contributed by atoms with E-state index in [-0.39, 0.29) is 22.9 Å². The number of furan rings is 1. The third-order valence-electron chi connectivity index (χ3n) is 5.60. The molecule has 0 aliphatic rings. The summed E-state index contributed by atoms with van der Waals surface area (Å²) in [4.78, 5) is 38.5. The van der Waals surface area contributed by atoms with Gasteiger partial charge in [-0.2, -0.15) is 5.10 Å². The van der Waals surface area contributed by atoms with Crippen LogP contribution in [0.5, 0.6) is 0 Å². The summed E-state index contributed by atoms with van der Waals surface area (Å²) in [5.74, 6) is -0.558. The number of nitrogens with one attached hydrogen (secondary N) is 2. The highest BCUT2D eigenvalue weighted by Gasteiger charge is 2.17. The predicted molar refractivity (Wildman–Crippen MR) is 149 cm³/mol. The summed E-state index contributed by atoms with van der Waals surface area (Å²) in [5, 5.41) is 17.9. The first-order valence-corrected chi connectivity index (χ1v) is 11.8. The van der Waals surface area contributed by atoms with Crippen LogP contribution in [-0.4, -0.2) is 37.0 Å². The highest BCUT2D eigenvalue weighted by Crippen LogP contribution is 2.30. The molecule has 2 amide bonds. The average Bonchev–Trinajstić information content (AvgIpc) is 3.42. The van der Waals surface area contributed by atoms with Crippen LogP contribution in [0.15, 0.2) is 106 Å². The minimum atomic E-state index is -0.655. The Morgan fingerprint density at radius 1 is 0.923 bits per heavy atom. The number of rotatable bonds is 9. The van der Waals surface area contributed by atoms with Crippen molar-refractivity contribution in [3.05, 3.63) is 124 Å². The Morgan fingerprint density at radius 3 is 2.31 bits per heavy atom. The van der Waals surface area contributed by atoms with Gasteiger partial charge in [-0.3, -0.25) is 19.7 Å². The Bertz CT molecular complexity index is 1540. The molecule has 10 heteroatoms. The van der Waals surface area contributed by atoms with Crippen molar-refractivity contribution in [1.29, 1.82) is 0 Å². The Labute approximate surface area is 224 Å². The van der Waals surface area contributed by atoms with Crippen LogP contribution >= 0.6 is 0 Å². The molecule has 0 saturated carbocycles. The maximum atomic E-state index is 13.0. The Kier molecular flexibility index (Phi) is 8.27. The van der Waals surface area contributed by atoms with E-state index in [2.05, 4.69) is 15.8 Å². The summed E-state index contributed by atoms with van der Waals surface area (Å²) in [6, 6.07) is 25.3. The molecule has 0 saturated heterocycles. The van der Waals surface area contributed by atoms with E-state index < -0.39 is 16.7 Å². The predicted octanol–water partition coefficient (Wildman–Crippen LogP) is 4.84. The number of hydrogen-bond acceptors (Lipinski definition) is 7. The molecule has 39 heavy (non-hydrogen) atoms. The molecule has 196 valence electrons. The number of para-hydroxylation sites is 1. The molecule has 10 nitrogen and oxygen atoms in total. The first-order valence-electron chi connectivity index (χ1n) is 11.8. The van der Waals surface area contributed by atoms with E-state index in [9.17, 15) is 19.7 Å². The summed E-state index contributed by atoms with van der Waals surface area (Å²) in [5.41, 5.74) is 4.67. The van der Waals surface area contributed by atoms with Crippen molar-refractivity contribution in [3.63, 3.8) is 0 Å². The zero-order chi connectivity index (χ0) is 27.8. The van der Waals surface area contributed by atoms with Crippen molar-refractivity contribution in [3.8, 4) is 11.3 Å². The molecule has 4 rings (SSSR count). The number of amides is 2. The Hall–Kier alpha value is -5.51. The van der Waals surface area contributed by atoms with Crippen LogP contribution in [0.25, 0.3) is 17.4 Å². The summed E-state index contributed by atoms with van der Waals surface area (Å²) in [7, 11) is 3.84.